The van der Waals surface area contributed by atoms with Crippen LogP contribution in [0.15, 0.2) is 33.9 Å². The fourth-order valence-electron chi connectivity index (χ4n) is 3.26. The van der Waals surface area contributed by atoms with Crippen molar-refractivity contribution in [3.8, 4) is 11.5 Å². The maximum absolute atomic E-state index is 12.2. The van der Waals surface area contributed by atoms with Gasteiger partial charge in [-0.05, 0) is 37.8 Å². The van der Waals surface area contributed by atoms with E-state index >= 15 is 0 Å². The molecule has 1 aliphatic carbocycles. The third-order valence-electron chi connectivity index (χ3n) is 4.80. The summed E-state index contributed by atoms with van der Waals surface area (Å²) in [6, 6.07) is 8.39. The molecular formula is C18H21ClN4O2S. The zero-order chi connectivity index (χ0) is 17.9. The summed E-state index contributed by atoms with van der Waals surface area (Å²) in [6.07, 6.45) is 4.75. The molecule has 6 nitrogen and oxygen atoms in total. The highest BCUT2D eigenvalue weighted by atomic mass is 35.5. The van der Waals surface area contributed by atoms with Crippen molar-refractivity contribution in [3.05, 3.63) is 29.3 Å². The van der Waals surface area contributed by atoms with Gasteiger partial charge in [-0.3, -0.25) is 4.79 Å². The van der Waals surface area contributed by atoms with Crippen molar-refractivity contribution in [3.63, 3.8) is 0 Å². The van der Waals surface area contributed by atoms with Crippen molar-refractivity contribution in [1.29, 1.82) is 0 Å². The fraction of sp³-hybridized carbons (Fsp3) is 0.500. The van der Waals surface area contributed by atoms with Gasteiger partial charge in [0.15, 0.2) is 0 Å². The number of carbonyl (C=O) groups is 1. The van der Waals surface area contributed by atoms with Gasteiger partial charge in [-0.25, -0.2) is 0 Å². The van der Waals surface area contributed by atoms with Gasteiger partial charge in [0.25, 0.3) is 5.22 Å². The first-order valence-corrected chi connectivity index (χ1v) is 10.3. The minimum atomic E-state index is 0.0114. The summed E-state index contributed by atoms with van der Waals surface area (Å²) >= 11 is 7.38. The van der Waals surface area contributed by atoms with Gasteiger partial charge >= 0.3 is 0 Å². The normalized spacial score (nSPS) is 18.8. The molecule has 8 heteroatoms. The predicted octanol–water partition coefficient (Wildman–Crippen LogP) is 3.23. The molecule has 26 heavy (non-hydrogen) atoms. The second kappa shape index (κ2) is 7.98. The predicted molar refractivity (Wildman–Crippen MR) is 101 cm³/mol. The van der Waals surface area contributed by atoms with Crippen LogP contribution >= 0.6 is 23.4 Å². The second-order valence-corrected chi connectivity index (χ2v) is 8.08. The summed E-state index contributed by atoms with van der Waals surface area (Å²) in [5.74, 6) is 0.649. The average molecular weight is 393 g/mol. The molecule has 4 rings (SSSR count). The highest BCUT2D eigenvalue weighted by molar-refractivity contribution is 7.99. The van der Waals surface area contributed by atoms with Crippen LogP contribution in [0.2, 0.25) is 5.02 Å². The molecule has 1 N–H and O–H groups in total. The topological polar surface area (TPSA) is 71.3 Å². The first-order valence-electron chi connectivity index (χ1n) is 8.93. The van der Waals surface area contributed by atoms with Crippen LogP contribution in [0.4, 0.5) is 0 Å². The van der Waals surface area contributed by atoms with E-state index in [0.29, 0.717) is 21.7 Å². The molecule has 1 aromatic carbocycles. The lowest BCUT2D eigenvalue weighted by Gasteiger charge is -2.32. The minimum absolute atomic E-state index is 0.0114. The van der Waals surface area contributed by atoms with Crippen LogP contribution < -0.4 is 5.32 Å². The molecule has 0 bridgehead atoms. The molecule has 2 fully saturated rings. The van der Waals surface area contributed by atoms with Crippen LogP contribution in [0, 0.1) is 0 Å². The average Bonchev–Trinajstić information content (AvgIpc) is 3.39. The molecular weight excluding hydrogens is 372 g/mol. The van der Waals surface area contributed by atoms with E-state index in [0.717, 1.165) is 32.0 Å². The SMILES string of the molecule is O=C(CSc1nnc(-c2ccccc2Cl)o1)NC1CCN(C2CC2)CC1. The van der Waals surface area contributed by atoms with Gasteiger partial charge < -0.3 is 14.6 Å². The monoisotopic (exact) mass is 392 g/mol. The Labute approximate surface area is 161 Å². The maximum Gasteiger partial charge on any atom is 0.277 e. The zero-order valence-corrected chi connectivity index (χ0v) is 15.9. The van der Waals surface area contributed by atoms with Crippen molar-refractivity contribution >= 4 is 29.3 Å². The van der Waals surface area contributed by atoms with Gasteiger partial charge in [-0.2, -0.15) is 0 Å². The maximum atomic E-state index is 12.2. The number of nitrogens with one attached hydrogen (secondary N) is 1. The summed E-state index contributed by atoms with van der Waals surface area (Å²) in [7, 11) is 0. The van der Waals surface area contributed by atoms with Gasteiger partial charge in [0.05, 0.1) is 16.3 Å². The van der Waals surface area contributed by atoms with E-state index in [9.17, 15) is 4.79 Å². The zero-order valence-electron chi connectivity index (χ0n) is 14.4. The van der Waals surface area contributed by atoms with Crippen molar-refractivity contribution in [2.24, 2.45) is 0 Å². The molecule has 0 radical (unpaired) electrons. The first-order chi connectivity index (χ1) is 12.7. The smallest absolute Gasteiger partial charge is 0.277 e. The molecule has 138 valence electrons. The van der Waals surface area contributed by atoms with Crippen molar-refractivity contribution in [2.75, 3.05) is 18.8 Å². The van der Waals surface area contributed by atoms with E-state index in [2.05, 4.69) is 20.4 Å². The molecule has 1 aliphatic heterocycles. The number of aromatic nitrogens is 2. The molecule has 1 aromatic heterocycles. The Bertz CT molecular complexity index is 772. The third kappa shape index (κ3) is 4.39. The Hall–Kier alpha value is -1.57. The van der Waals surface area contributed by atoms with Crippen LogP contribution in [-0.2, 0) is 4.79 Å². The highest BCUT2D eigenvalue weighted by Gasteiger charge is 2.32. The van der Waals surface area contributed by atoms with Crippen LogP contribution in [0.5, 0.6) is 0 Å². The number of thioether (sulfide) groups is 1. The number of halogens is 1. The van der Waals surface area contributed by atoms with Crippen molar-refractivity contribution in [2.45, 2.75) is 43.0 Å². The number of hydrogen-bond donors (Lipinski definition) is 1. The Balaban J connectivity index is 1.24. The van der Waals surface area contributed by atoms with Gasteiger partial charge in [0.2, 0.25) is 11.8 Å². The van der Waals surface area contributed by atoms with Crippen LogP contribution in [0.3, 0.4) is 0 Å². The van der Waals surface area contributed by atoms with Crippen LogP contribution in [0.1, 0.15) is 25.7 Å². The van der Waals surface area contributed by atoms with Crippen LogP contribution in [0.25, 0.3) is 11.5 Å². The molecule has 0 spiro atoms. The number of rotatable bonds is 6. The highest BCUT2D eigenvalue weighted by Crippen LogP contribution is 2.30. The van der Waals surface area contributed by atoms with Crippen molar-refractivity contribution in [1.82, 2.24) is 20.4 Å². The number of hydrogen-bond acceptors (Lipinski definition) is 6. The number of benzene rings is 1. The first kappa shape index (κ1) is 17.8. The Morgan fingerprint density at radius 2 is 2.00 bits per heavy atom. The molecule has 2 heterocycles. The summed E-state index contributed by atoms with van der Waals surface area (Å²) in [4.78, 5) is 14.7. The quantitative estimate of drug-likeness (QED) is 0.761. The summed E-state index contributed by atoms with van der Waals surface area (Å²) in [5, 5.41) is 12.1. The molecule has 2 aromatic rings. The second-order valence-electron chi connectivity index (χ2n) is 6.75. The number of nitrogens with zero attached hydrogens (tertiary/aromatic N) is 3. The van der Waals surface area contributed by atoms with Gasteiger partial charge in [-0.1, -0.05) is 35.5 Å². The van der Waals surface area contributed by atoms with E-state index < -0.39 is 0 Å². The summed E-state index contributed by atoms with van der Waals surface area (Å²) in [5.41, 5.74) is 0.695. The van der Waals surface area contributed by atoms with Gasteiger partial charge in [-0.15, -0.1) is 10.2 Å². The number of amides is 1. The molecule has 2 aliphatic rings. The summed E-state index contributed by atoms with van der Waals surface area (Å²) in [6.45, 7) is 2.18. The number of piperidine rings is 1. The third-order valence-corrected chi connectivity index (χ3v) is 5.94. The van der Waals surface area contributed by atoms with Crippen molar-refractivity contribution < 1.29 is 9.21 Å². The van der Waals surface area contributed by atoms with E-state index in [1.807, 2.05) is 18.2 Å². The number of carbonyl (C=O) groups excluding carboxylic acids is 1. The standard InChI is InChI=1S/C18H21ClN4O2S/c19-15-4-2-1-3-14(15)17-21-22-18(25-17)26-11-16(24)20-12-7-9-23(10-8-12)13-5-6-13/h1-4,12-13H,5-11H2,(H,20,24). The Kier molecular flexibility index (Phi) is 5.47. The van der Waals surface area contributed by atoms with Gasteiger partial charge in [0, 0.05) is 25.2 Å². The lowest BCUT2D eigenvalue weighted by Crippen LogP contribution is -2.45. The van der Waals surface area contributed by atoms with E-state index in [1.165, 1.54) is 24.6 Å². The Morgan fingerprint density at radius 3 is 2.73 bits per heavy atom. The summed E-state index contributed by atoms with van der Waals surface area (Å²) < 4.78 is 5.61. The number of likely N-dealkylation sites (tertiary alicyclic amines) is 1. The molecule has 0 unspecified atom stereocenters. The minimum Gasteiger partial charge on any atom is -0.411 e. The van der Waals surface area contributed by atoms with Gasteiger partial charge in [0.1, 0.15) is 0 Å². The molecule has 1 saturated carbocycles. The molecule has 0 atom stereocenters. The van der Waals surface area contributed by atoms with E-state index in [-0.39, 0.29) is 17.7 Å². The molecule has 1 amide bonds. The van der Waals surface area contributed by atoms with E-state index in [4.69, 9.17) is 16.0 Å². The van der Waals surface area contributed by atoms with E-state index in [1.54, 1.807) is 6.07 Å². The Morgan fingerprint density at radius 1 is 1.23 bits per heavy atom. The van der Waals surface area contributed by atoms with Crippen LogP contribution in [-0.4, -0.2) is 51.9 Å². The molecule has 1 saturated heterocycles. The largest absolute Gasteiger partial charge is 0.411 e. The lowest BCUT2D eigenvalue weighted by molar-refractivity contribution is -0.119. The fourth-order valence-corrected chi connectivity index (χ4v) is 4.05. The lowest BCUT2D eigenvalue weighted by atomic mass is 10.1.